The molecule has 0 aliphatic carbocycles. The number of nitrogens with zero attached hydrogens (tertiary/aromatic N) is 2. The van der Waals surface area contributed by atoms with E-state index < -0.39 is 0 Å². The first-order valence-electron chi connectivity index (χ1n) is 6.13. The first-order valence-corrected chi connectivity index (χ1v) is 6.13. The van der Waals surface area contributed by atoms with Crippen LogP contribution in [0, 0.1) is 0 Å². The lowest BCUT2D eigenvalue weighted by atomic mass is 10.2. The van der Waals surface area contributed by atoms with Crippen LogP contribution < -0.4 is 14.8 Å². The minimum Gasteiger partial charge on any atom is -0.497 e. The van der Waals surface area contributed by atoms with E-state index in [1.165, 1.54) is 6.33 Å². The van der Waals surface area contributed by atoms with E-state index in [0.29, 0.717) is 12.5 Å². The van der Waals surface area contributed by atoms with Crippen molar-refractivity contribution in [3.05, 3.63) is 42.2 Å². The van der Waals surface area contributed by atoms with Crippen LogP contribution in [0.15, 0.2) is 36.7 Å². The van der Waals surface area contributed by atoms with Crippen LogP contribution in [0.1, 0.15) is 12.5 Å². The molecule has 0 atom stereocenters. The predicted molar refractivity (Wildman–Crippen MR) is 73.5 cm³/mol. The van der Waals surface area contributed by atoms with Crippen molar-refractivity contribution >= 4 is 5.82 Å². The third-order valence-corrected chi connectivity index (χ3v) is 2.52. The van der Waals surface area contributed by atoms with E-state index in [9.17, 15) is 0 Å². The minimum atomic E-state index is 0.444. The Morgan fingerprint density at radius 2 is 2.11 bits per heavy atom. The van der Waals surface area contributed by atoms with Gasteiger partial charge in [-0.2, -0.15) is 0 Å². The molecular formula is C14H17N3O2. The molecule has 1 aromatic heterocycles. The third-order valence-electron chi connectivity index (χ3n) is 2.52. The Labute approximate surface area is 112 Å². The number of hydrogen-bond acceptors (Lipinski definition) is 5. The first-order chi connectivity index (χ1) is 9.31. The number of methoxy groups -OCH3 is 1. The van der Waals surface area contributed by atoms with E-state index in [0.717, 1.165) is 23.7 Å². The molecule has 19 heavy (non-hydrogen) atoms. The summed E-state index contributed by atoms with van der Waals surface area (Å²) in [5, 5.41) is 3.11. The van der Waals surface area contributed by atoms with Gasteiger partial charge < -0.3 is 14.8 Å². The molecule has 0 amide bonds. The van der Waals surface area contributed by atoms with Crippen LogP contribution in [0.25, 0.3) is 0 Å². The van der Waals surface area contributed by atoms with Crippen molar-refractivity contribution in [1.82, 2.24) is 9.97 Å². The van der Waals surface area contributed by atoms with Crippen molar-refractivity contribution in [1.29, 1.82) is 0 Å². The molecule has 5 heteroatoms. The fraction of sp³-hybridized carbons (Fsp3) is 0.286. The van der Waals surface area contributed by atoms with Crippen molar-refractivity contribution < 1.29 is 9.47 Å². The van der Waals surface area contributed by atoms with Gasteiger partial charge in [-0.05, 0) is 24.6 Å². The lowest BCUT2D eigenvalue weighted by molar-refractivity contribution is 0.292. The number of benzene rings is 1. The van der Waals surface area contributed by atoms with Gasteiger partial charge in [0, 0.05) is 12.6 Å². The van der Waals surface area contributed by atoms with Crippen LogP contribution in [0.4, 0.5) is 5.82 Å². The maximum Gasteiger partial charge on any atom is 0.218 e. The Hall–Kier alpha value is -2.30. The summed E-state index contributed by atoms with van der Waals surface area (Å²) >= 11 is 0. The topological polar surface area (TPSA) is 56.3 Å². The molecule has 0 aliphatic heterocycles. The summed E-state index contributed by atoms with van der Waals surface area (Å²) < 4.78 is 10.8. The molecule has 0 aliphatic rings. The summed E-state index contributed by atoms with van der Waals surface area (Å²) in [7, 11) is 1.65. The van der Waals surface area contributed by atoms with E-state index in [2.05, 4.69) is 15.3 Å². The van der Waals surface area contributed by atoms with E-state index >= 15 is 0 Å². The van der Waals surface area contributed by atoms with E-state index in [4.69, 9.17) is 9.47 Å². The molecule has 5 nitrogen and oxygen atoms in total. The molecule has 100 valence electrons. The van der Waals surface area contributed by atoms with Crippen molar-refractivity contribution in [3.63, 3.8) is 0 Å². The van der Waals surface area contributed by atoms with E-state index in [1.54, 1.807) is 13.2 Å². The summed E-state index contributed by atoms with van der Waals surface area (Å²) in [6, 6.07) is 9.53. The highest BCUT2D eigenvalue weighted by molar-refractivity contribution is 5.37. The van der Waals surface area contributed by atoms with E-state index in [1.807, 2.05) is 31.2 Å². The van der Waals surface area contributed by atoms with Gasteiger partial charge in [-0.3, -0.25) is 0 Å². The summed E-state index contributed by atoms with van der Waals surface area (Å²) in [4.78, 5) is 8.16. The molecule has 0 fully saturated rings. The molecule has 0 saturated carbocycles. The lowest BCUT2D eigenvalue weighted by Gasteiger charge is -2.08. The molecule has 1 heterocycles. The van der Waals surface area contributed by atoms with Gasteiger partial charge >= 0.3 is 0 Å². The minimum absolute atomic E-state index is 0.444. The van der Waals surface area contributed by atoms with Crippen molar-refractivity contribution in [2.24, 2.45) is 0 Å². The average molecular weight is 259 g/mol. The second-order valence-corrected chi connectivity index (χ2v) is 3.91. The molecule has 2 aromatic rings. The number of anilines is 1. The molecule has 1 aromatic carbocycles. The number of ether oxygens (including phenoxy) is 2. The van der Waals surface area contributed by atoms with E-state index in [-0.39, 0.29) is 0 Å². The van der Waals surface area contributed by atoms with Gasteiger partial charge in [0.15, 0.2) is 0 Å². The van der Waals surface area contributed by atoms with Crippen LogP contribution in [-0.4, -0.2) is 23.6 Å². The normalized spacial score (nSPS) is 10.0. The second kappa shape index (κ2) is 6.58. The van der Waals surface area contributed by atoms with Gasteiger partial charge in [0.2, 0.25) is 5.88 Å². The van der Waals surface area contributed by atoms with Gasteiger partial charge in [0.25, 0.3) is 0 Å². The Bertz CT molecular complexity index is 532. The zero-order valence-electron chi connectivity index (χ0n) is 11.1. The molecule has 0 unspecified atom stereocenters. The molecule has 1 N–H and O–H groups in total. The third kappa shape index (κ3) is 3.84. The molecule has 2 rings (SSSR count). The second-order valence-electron chi connectivity index (χ2n) is 3.91. The molecular weight excluding hydrogens is 242 g/mol. The SMILES string of the molecule is CCNc1cc(OCc2cccc(OC)c2)ncn1. The summed E-state index contributed by atoms with van der Waals surface area (Å²) in [6.45, 7) is 3.27. The van der Waals surface area contributed by atoms with Gasteiger partial charge in [-0.1, -0.05) is 12.1 Å². The summed E-state index contributed by atoms with van der Waals surface area (Å²) in [5.74, 6) is 2.13. The van der Waals surface area contributed by atoms with Gasteiger partial charge in [-0.15, -0.1) is 0 Å². The standard InChI is InChI=1S/C14H17N3O2/c1-3-15-13-8-14(17-10-16-13)19-9-11-5-4-6-12(7-11)18-2/h4-8,10H,3,9H2,1-2H3,(H,15,16,17). The van der Waals surface area contributed by atoms with Crippen molar-refractivity contribution in [2.75, 3.05) is 19.0 Å². The zero-order valence-corrected chi connectivity index (χ0v) is 11.1. The predicted octanol–water partition coefficient (Wildman–Crippen LogP) is 2.50. The van der Waals surface area contributed by atoms with Crippen LogP contribution in [0.2, 0.25) is 0 Å². The first kappa shape index (κ1) is 13.1. The van der Waals surface area contributed by atoms with Crippen LogP contribution in [0.5, 0.6) is 11.6 Å². The van der Waals surface area contributed by atoms with Gasteiger partial charge in [0.1, 0.15) is 24.5 Å². The van der Waals surface area contributed by atoms with Gasteiger partial charge in [0.05, 0.1) is 7.11 Å². The fourth-order valence-electron chi connectivity index (χ4n) is 1.62. The largest absolute Gasteiger partial charge is 0.497 e. The number of nitrogens with one attached hydrogen (secondary N) is 1. The lowest BCUT2D eigenvalue weighted by Crippen LogP contribution is -2.02. The number of hydrogen-bond donors (Lipinski definition) is 1. The Morgan fingerprint density at radius 3 is 2.89 bits per heavy atom. The van der Waals surface area contributed by atoms with Crippen LogP contribution in [-0.2, 0) is 6.61 Å². The molecule has 0 saturated heterocycles. The highest BCUT2D eigenvalue weighted by atomic mass is 16.5. The Kier molecular flexibility index (Phi) is 4.55. The Morgan fingerprint density at radius 1 is 1.21 bits per heavy atom. The maximum atomic E-state index is 5.63. The maximum absolute atomic E-state index is 5.63. The summed E-state index contributed by atoms with van der Waals surface area (Å²) in [6.07, 6.45) is 1.49. The number of aromatic nitrogens is 2. The quantitative estimate of drug-likeness (QED) is 0.863. The smallest absolute Gasteiger partial charge is 0.218 e. The average Bonchev–Trinajstić information content (AvgIpc) is 2.46. The zero-order chi connectivity index (χ0) is 13.5. The monoisotopic (exact) mass is 259 g/mol. The summed E-state index contributed by atoms with van der Waals surface area (Å²) in [5.41, 5.74) is 1.03. The Balaban J connectivity index is 1.99. The number of rotatable bonds is 6. The molecule has 0 spiro atoms. The van der Waals surface area contributed by atoms with Crippen molar-refractivity contribution in [2.45, 2.75) is 13.5 Å². The fourth-order valence-corrected chi connectivity index (χ4v) is 1.62. The van der Waals surface area contributed by atoms with Crippen LogP contribution >= 0.6 is 0 Å². The molecule has 0 radical (unpaired) electrons. The molecule has 0 bridgehead atoms. The highest BCUT2D eigenvalue weighted by Gasteiger charge is 2.01. The van der Waals surface area contributed by atoms with Crippen molar-refractivity contribution in [3.8, 4) is 11.6 Å². The van der Waals surface area contributed by atoms with Crippen LogP contribution in [0.3, 0.4) is 0 Å². The van der Waals surface area contributed by atoms with Gasteiger partial charge in [-0.25, -0.2) is 9.97 Å². The highest BCUT2D eigenvalue weighted by Crippen LogP contribution is 2.16.